The number of ether oxygens (including phenoxy) is 1. The van der Waals surface area contributed by atoms with Gasteiger partial charge in [0.15, 0.2) is 0 Å². The van der Waals surface area contributed by atoms with Crippen LogP contribution in [0.4, 0.5) is 4.79 Å². The Morgan fingerprint density at radius 3 is 2.81 bits per heavy atom. The molecule has 4 heteroatoms. The molecule has 1 aliphatic rings. The van der Waals surface area contributed by atoms with Crippen molar-refractivity contribution in [1.29, 1.82) is 0 Å². The zero-order chi connectivity index (χ0) is 11.4. The fourth-order valence-electron chi connectivity index (χ4n) is 1.68. The van der Waals surface area contributed by atoms with Crippen molar-refractivity contribution in [2.45, 2.75) is 13.0 Å². The molecular weight excluding hydrogens is 204 g/mol. The van der Waals surface area contributed by atoms with E-state index in [0.29, 0.717) is 19.8 Å². The van der Waals surface area contributed by atoms with Crippen molar-refractivity contribution in [1.82, 2.24) is 10.2 Å². The van der Waals surface area contributed by atoms with Crippen LogP contribution in [-0.2, 0) is 4.74 Å². The zero-order valence-corrected chi connectivity index (χ0v) is 9.35. The lowest BCUT2D eigenvalue weighted by molar-refractivity contribution is 0.155. The fraction of sp³-hybridized carbons (Fsp3) is 0.417. The number of nitrogens with zero attached hydrogens (tertiary/aromatic N) is 1. The van der Waals surface area contributed by atoms with Gasteiger partial charge in [0.05, 0.1) is 13.2 Å². The Morgan fingerprint density at radius 2 is 2.19 bits per heavy atom. The van der Waals surface area contributed by atoms with Crippen molar-refractivity contribution < 1.29 is 9.53 Å². The second kappa shape index (κ2) is 4.99. The van der Waals surface area contributed by atoms with E-state index >= 15 is 0 Å². The van der Waals surface area contributed by atoms with E-state index in [4.69, 9.17) is 4.74 Å². The average molecular weight is 220 g/mol. The van der Waals surface area contributed by atoms with Crippen LogP contribution in [0.3, 0.4) is 0 Å². The van der Waals surface area contributed by atoms with Gasteiger partial charge in [0, 0.05) is 6.04 Å². The lowest BCUT2D eigenvalue weighted by atomic mass is 10.1. The molecule has 1 fully saturated rings. The Morgan fingerprint density at radius 1 is 1.44 bits per heavy atom. The number of carbonyl (C=O) groups excluding carboxylic acids is 1. The maximum atomic E-state index is 11.2. The summed E-state index contributed by atoms with van der Waals surface area (Å²) in [5.41, 5.74) is 1.22. The first-order valence-corrected chi connectivity index (χ1v) is 5.47. The van der Waals surface area contributed by atoms with Crippen LogP contribution < -0.4 is 5.32 Å². The summed E-state index contributed by atoms with van der Waals surface area (Å²) in [7, 11) is 0. The molecule has 0 aromatic heterocycles. The third-order valence-electron chi connectivity index (χ3n) is 2.73. The third kappa shape index (κ3) is 2.52. The molecule has 1 atom stereocenters. The van der Waals surface area contributed by atoms with Crippen molar-refractivity contribution in [3.63, 3.8) is 0 Å². The molecule has 1 N–H and O–H groups in total. The minimum Gasteiger partial charge on any atom is -0.447 e. The van der Waals surface area contributed by atoms with E-state index in [0.717, 1.165) is 0 Å². The van der Waals surface area contributed by atoms with E-state index < -0.39 is 0 Å². The minimum atomic E-state index is -0.229. The third-order valence-corrected chi connectivity index (χ3v) is 2.73. The maximum absolute atomic E-state index is 11.2. The first-order chi connectivity index (χ1) is 7.77. The smallest absolute Gasteiger partial charge is 0.410 e. The number of hydrogen-bond acceptors (Lipinski definition) is 3. The maximum Gasteiger partial charge on any atom is 0.410 e. The van der Waals surface area contributed by atoms with Crippen LogP contribution in [0.15, 0.2) is 30.3 Å². The quantitative estimate of drug-likeness (QED) is 0.840. The summed E-state index contributed by atoms with van der Waals surface area (Å²) in [4.78, 5) is 12.9. The van der Waals surface area contributed by atoms with Gasteiger partial charge in [-0.2, -0.15) is 0 Å². The average Bonchev–Trinajstić information content (AvgIpc) is 2.73. The van der Waals surface area contributed by atoms with Crippen molar-refractivity contribution in [3.8, 4) is 0 Å². The number of cyclic esters (lactones) is 1. The minimum absolute atomic E-state index is 0.229. The van der Waals surface area contributed by atoms with Gasteiger partial charge in [0.25, 0.3) is 0 Å². The largest absolute Gasteiger partial charge is 0.447 e. The molecule has 4 nitrogen and oxygen atoms in total. The molecule has 1 amide bonds. The first kappa shape index (κ1) is 11.0. The van der Waals surface area contributed by atoms with Crippen LogP contribution in [0.1, 0.15) is 18.5 Å². The number of rotatable bonds is 4. The molecule has 0 bridgehead atoms. The van der Waals surface area contributed by atoms with E-state index in [1.807, 2.05) is 18.2 Å². The second-order valence-electron chi connectivity index (χ2n) is 3.87. The normalized spacial score (nSPS) is 17.3. The van der Waals surface area contributed by atoms with Gasteiger partial charge < -0.3 is 4.74 Å². The van der Waals surface area contributed by atoms with E-state index in [2.05, 4.69) is 24.4 Å². The molecule has 1 aromatic carbocycles. The lowest BCUT2D eigenvalue weighted by Gasteiger charge is -2.18. The summed E-state index contributed by atoms with van der Waals surface area (Å²) in [5, 5.41) is 3.30. The Kier molecular flexibility index (Phi) is 3.41. The van der Waals surface area contributed by atoms with Gasteiger partial charge in [-0.05, 0) is 12.5 Å². The molecule has 86 valence electrons. The van der Waals surface area contributed by atoms with Crippen LogP contribution in [-0.4, -0.2) is 30.8 Å². The van der Waals surface area contributed by atoms with E-state index in [1.54, 1.807) is 4.90 Å². The number of hydrogen-bond donors (Lipinski definition) is 1. The molecule has 16 heavy (non-hydrogen) atoms. The fourth-order valence-corrected chi connectivity index (χ4v) is 1.68. The molecule has 1 aliphatic heterocycles. The molecule has 1 heterocycles. The van der Waals surface area contributed by atoms with Crippen LogP contribution in [0.25, 0.3) is 0 Å². The van der Waals surface area contributed by atoms with Gasteiger partial charge in [-0.3, -0.25) is 10.2 Å². The highest BCUT2D eigenvalue weighted by Crippen LogP contribution is 2.11. The molecule has 1 saturated heterocycles. The van der Waals surface area contributed by atoms with Gasteiger partial charge in [-0.15, -0.1) is 0 Å². The highest BCUT2D eigenvalue weighted by Gasteiger charge is 2.21. The number of carbonyl (C=O) groups is 1. The Balaban J connectivity index is 1.84. The first-order valence-electron chi connectivity index (χ1n) is 5.47. The predicted octanol–water partition coefficient (Wildman–Crippen LogP) is 1.75. The molecule has 0 aliphatic carbocycles. The van der Waals surface area contributed by atoms with E-state index in [-0.39, 0.29) is 12.1 Å². The highest BCUT2D eigenvalue weighted by atomic mass is 16.6. The molecular formula is C12H16N2O2. The summed E-state index contributed by atoms with van der Waals surface area (Å²) in [6, 6.07) is 10.4. The summed E-state index contributed by atoms with van der Waals surface area (Å²) < 4.78 is 4.85. The molecule has 0 spiro atoms. The van der Waals surface area contributed by atoms with Crippen LogP contribution in [0.5, 0.6) is 0 Å². The summed E-state index contributed by atoms with van der Waals surface area (Å²) >= 11 is 0. The predicted molar refractivity (Wildman–Crippen MR) is 60.9 cm³/mol. The molecule has 0 saturated carbocycles. The standard InChI is InChI=1S/C12H16N2O2/c1-10(11-5-3-2-4-6-11)13-9-14-7-8-16-12(14)15/h2-6,10,13H,7-9H2,1H3/t10-/m0/s1. The Labute approximate surface area is 95.2 Å². The van der Waals surface area contributed by atoms with Crippen molar-refractivity contribution in [3.05, 3.63) is 35.9 Å². The van der Waals surface area contributed by atoms with E-state index in [9.17, 15) is 4.79 Å². The molecule has 1 aromatic rings. The zero-order valence-electron chi connectivity index (χ0n) is 9.35. The SMILES string of the molecule is C[C@H](NCN1CCOC1=O)c1ccccc1. The van der Waals surface area contributed by atoms with Crippen molar-refractivity contribution in [2.24, 2.45) is 0 Å². The van der Waals surface area contributed by atoms with Crippen LogP contribution in [0.2, 0.25) is 0 Å². The van der Waals surface area contributed by atoms with Crippen molar-refractivity contribution in [2.75, 3.05) is 19.8 Å². The topological polar surface area (TPSA) is 41.6 Å². The number of nitrogens with one attached hydrogen (secondary N) is 1. The Bertz CT molecular complexity index is 353. The monoisotopic (exact) mass is 220 g/mol. The lowest BCUT2D eigenvalue weighted by Crippen LogP contribution is -2.36. The van der Waals surface area contributed by atoms with Crippen molar-refractivity contribution >= 4 is 6.09 Å². The summed E-state index contributed by atoms with van der Waals surface area (Å²) in [5.74, 6) is 0. The van der Waals surface area contributed by atoms with E-state index in [1.165, 1.54) is 5.56 Å². The van der Waals surface area contributed by atoms with Gasteiger partial charge in [-0.1, -0.05) is 30.3 Å². The summed E-state index contributed by atoms with van der Waals surface area (Å²) in [6.45, 7) is 3.79. The van der Waals surface area contributed by atoms with Crippen LogP contribution >= 0.6 is 0 Å². The molecule has 0 unspecified atom stereocenters. The van der Waals surface area contributed by atoms with Gasteiger partial charge in [-0.25, -0.2) is 4.79 Å². The summed E-state index contributed by atoms with van der Waals surface area (Å²) in [6.07, 6.45) is -0.229. The molecule has 2 rings (SSSR count). The number of amides is 1. The highest BCUT2D eigenvalue weighted by molar-refractivity contribution is 5.69. The van der Waals surface area contributed by atoms with Gasteiger partial charge in [0.1, 0.15) is 6.61 Å². The van der Waals surface area contributed by atoms with Gasteiger partial charge in [0.2, 0.25) is 0 Å². The second-order valence-corrected chi connectivity index (χ2v) is 3.87. The Hall–Kier alpha value is -1.55. The van der Waals surface area contributed by atoms with Gasteiger partial charge >= 0.3 is 6.09 Å². The van der Waals surface area contributed by atoms with Crippen LogP contribution in [0, 0.1) is 0 Å². The molecule has 0 radical (unpaired) electrons. The number of benzene rings is 1.